The summed E-state index contributed by atoms with van der Waals surface area (Å²) in [5.74, 6) is -1.41. The van der Waals surface area contributed by atoms with Gasteiger partial charge >= 0.3 is 6.18 Å². The van der Waals surface area contributed by atoms with Crippen LogP contribution in [0.2, 0.25) is 0 Å². The third-order valence-corrected chi connectivity index (χ3v) is 5.74. The normalized spacial score (nSPS) is 14.8. The maximum Gasteiger partial charge on any atom is 0.420 e. The Morgan fingerprint density at radius 2 is 1.90 bits per heavy atom. The van der Waals surface area contributed by atoms with Gasteiger partial charge in [0.05, 0.1) is 18.7 Å². The van der Waals surface area contributed by atoms with Gasteiger partial charge in [-0.1, -0.05) is 12.1 Å². The van der Waals surface area contributed by atoms with Crippen LogP contribution in [0.1, 0.15) is 17.3 Å². The highest BCUT2D eigenvalue weighted by atomic mass is 32.2. The minimum absolute atomic E-state index is 0.0187. The predicted molar refractivity (Wildman–Crippen MR) is 115 cm³/mol. The summed E-state index contributed by atoms with van der Waals surface area (Å²) < 4.78 is 61.5. The summed E-state index contributed by atoms with van der Waals surface area (Å²) in [7, 11) is 1.24. The number of aromatic nitrogens is 1. The van der Waals surface area contributed by atoms with Crippen LogP contribution >= 0.6 is 11.8 Å². The first-order valence-corrected chi connectivity index (χ1v) is 10.7. The summed E-state index contributed by atoms with van der Waals surface area (Å²) >= 11 is 0.854. The van der Waals surface area contributed by atoms with Gasteiger partial charge in [0.2, 0.25) is 0 Å². The number of aryl methyl sites for hydroxylation is 1. The molecular formula is C22H22F4N2O2S. The van der Waals surface area contributed by atoms with E-state index in [2.05, 4.69) is 10.3 Å². The highest BCUT2D eigenvalue weighted by Crippen LogP contribution is 2.46. The summed E-state index contributed by atoms with van der Waals surface area (Å²) in [6.45, 7) is 1.81. The van der Waals surface area contributed by atoms with Crippen molar-refractivity contribution in [2.75, 3.05) is 24.4 Å². The highest BCUT2D eigenvalue weighted by Gasteiger charge is 2.59. The number of aliphatic hydroxyl groups is 1. The first kappa shape index (κ1) is 23.1. The van der Waals surface area contributed by atoms with Crippen molar-refractivity contribution < 1.29 is 27.4 Å². The lowest BCUT2D eigenvalue weighted by atomic mass is 9.88. The van der Waals surface area contributed by atoms with Crippen LogP contribution in [0.5, 0.6) is 5.75 Å². The summed E-state index contributed by atoms with van der Waals surface area (Å²) in [6, 6.07) is 10.1. The molecule has 2 aromatic carbocycles. The summed E-state index contributed by atoms with van der Waals surface area (Å²) in [5, 5.41) is 14.4. The number of benzene rings is 2. The van der Waals surface area contributed by atoms with Crippen molar-refractivity contribution in [3.05, 3.63) is 65.6 Å². The van der Waals surface area contributed by atoms with Gasteiger partial charge in [-0.05, 0) is 43.5 Å². The first-order chi connectivity index (χ1) is 14.6. The van der Waals surface area contributed by atoms with E-state index in [1.54, 1.807) is 30.3 Å². The molecule has 2 unspecified atom stereocenters. The van der Waals surface area contributed by atoms with E-state index < -0.39 is 29.4 Å². The Bertz CT molecular complexity index is 1080. The number of ether oxygens (including phenoxy) is 1. The second kappa shape index (κ2) is 8.92. The van der Waals surface area contributed by atoms with Crippen LogP contribution in [0, 0.1) is 12.7 Å². The Morgan fingerprint density at radius 1 is 1.16 bits per heavy atom. The third-order valence-electron chi connectivity index (χ3n) is 5.01. The number of methoxy groups -OCH3 is 1. The van der Waals surface area contributed by atoms with Crippen molar-refractivity contribution in [2.24, 2.45) is 0 Å². The molecule has 0 aliphatic rings. The molecule has 0 spiro atoms. The largest absolute Gasteiger partial charge is 0.496 e. The number of hydrogen-bond acceptors (Lipinski definition) is 5. The lowest BCUT2D eigenvalue weighted by Crippen LogP contribution is -2.54. The Labute approximate surface area is 181 Å². The van der Waals surface area contributed by atoms with E-state index in [0.29, 0.717) is 16.6 Å². The fourth-order valence-electron chi connectivity index (χ4n) is 3.46. The van der Waals surface area contributed by atoms with E-state index in [1.807, 2.05) is 6.92 Å². The number of alkyl halides is 3. The molecule has 0 aliphatic heterocycles. The number of halogens is 4. The van der Waals surface area contributed by atoms with E-state index >= 15 is 0 Å². The van der Waals surface area contributed by atoms with Gasteiger partial charge in [0.1, 0.15) is 11.6 Å². The molecule has 4 nitrogen and oxygen atoms in total. The molecule has 3 rings (SSSR count). The zero-order chi connectivity index (χ0) is 22.8. The van der Waals surface area contributed by atoms with Crippen molar-refractivity contribution in [1.82, 2.24) is 4.98 Å². The zero-order valence-electron chi connectivity index (χ0n) is 17.1. The monoisotopic (exact) mass is 454 g/mol. The number of anilines is 1. The van der Waals surface area contributed by atoms with Gasteiger partial charge in [-0.15, -0.1) is 0 Å². The molecule has 2 atom stereocenters. The molecule has 1 heterocycles. The maximum absolute atomic E-state index is 14.2. The molecule has 1 aromatic heterocycles. The summed E-state index contributed by atoms with van der Waals surface area (Å²) in [4.78, 5) is 4.41. The molecule has 0 bridgehead atoms. The molecule has 0 aliphatic carbocycles. The third kappa shape index (κ3) is 4.57. The van der Waals surface area contributed by atoms with Gasteiger partial charge < -0.3 is 15.2 Å². The van der Waals surface area contributed by atoms with E-state index in [1.165, 1.54) is 19.4 Å². The lowest BCUT2D eigenvalue weighted by Gasteiger charge is -2.39. The molecule has 0 fully saturated rings. The molecular weight excluding hydrogens is 432 g/mol. The minimum Gasteiger partial charge on any atom is -0.496 e. The standard InChI is InChI=1S/C22H22F4N2O2S/c1-13-7-9-15-17(27-13)5-4-6-18(15)28-20(21(29,12-31-3)22(24,25)26)16-10-8-14(23)11-19(16)30-2/h4-11,20,28-29H,12H2,1-3H3. The Kier molecular flexibility index (Phi) is 6.66. The number of pyridine rings is 1. The molecule has 31 heavy (non-hydrogen) atoms. The van der Waals surface area contributed by atoms with Gasteiger partial charge in [-0.3, -0.25) is 4.98 Å². The van der Waals surface area contributed by atoms with Crippen LogP contribution in [0.25, 0.3) is 10.9 Å². The number of fused-ring (bicyclic) bond motifs is 1. The predicted octanol–water partition coefficient (Wildman–Crippen LogP) is 5.50. The smallest absolute Gasteiger partial charge is 0.420 e. The maximum atomic E-state index is 14.2. The number of hydrogen-bond donors (Lipinski definition) is 2. The van der Waals surface area contributed by atoms with Crippen LogP contribution in [-0.4, -0.2) is 41.0 Å². The minimum atomic E-state index is -4.98. The van der Waals surface area contributed by atoms with Crippen LogP contribution in [-0.2, 0) is 0 Å². The molecule has 166 valence electrons. The Hall–Kier alpha value is -2.52. The van der Waals surface area contributed by atoms with Crippen LogP contribution in [0.4, 0.5) is 23.2 Å². The SMILES string of the molecule is COc1cc(F)ccc1C(Nc1cccc2nc(C)ccc12)C(O)(CSC)C(F)(F)F. The number of nitrogens with zero attached hydrogens (tertiary/aromatic N) is 1. The van der Waals surface area contributed by atoms with Gasteiger partial charge in [0.15, 0.2) is 5.60 Å². The number of nitrogens with one attached hydrogen (secondary N) is 1. The molecule has 3 aromatic rings. The average molecular weight is 454 g/mol. The molecule has 0 saturated carbocycles. The van der Waals surface area contributed by atoms with E-state index in [0.717, 1.165) is 29.6 Å². The molecule has 0 saturated heterocycles. The molecule has 9 heteroatoms. The van der Waals surface area contributed by atoms with E-state index in [4.69, 9.17) is 4.74 Å². The average Bonchev–Trinajstić information content (AvgIpc) is 2.71. The van der Waals surface area contributed by atoms with E-state index in [-0.39, 0.29) is 11.3 Å². The quantitative estimate of drug-likeness (QED) is 0.462. The van der Waals surface area contributed by atoms with Gasteiger partial charge in [0, 0.05) is 34.2 Å². The van der Waals surface area contributed by atoms with Crippen molar-refractivity contribution in [2.45, 2.75) is 24.7 Å². The number of thioether (sulfide) groups is 1. The van der Waals surface area contributed by atoms with Crippen LogP contribution in [0.3, 0.4) is 0 Å². The summed E-state index contributed by atoms with van der Waals surface area (Å²) in [6.07, 6.45) is -3.51. The van der Waals surface area contributed by atoms with E-state index in [9.17, 15) is 22.7 Å². The fourth-order valence-corrected chi connectivity index (χ4v) is 4.24. The van der Waals surface area contributed by atoms with Crippen LogP contribution in [0.15, 0.2) is 48.5 Å². The van der Waals surface area contributed by atoms with Gasteiger partial charge in [-0.25, -0.2) is 4.39 Å². The molecule has 2 N–H and O–H groups in total. The van der Waals surface area contributed by atoms with Crippen molar-refractivity contribution in [3.8, 4) is 5.75 Å². The first-order valence-electron chi connectivity index (χ1n) is 9.35. The highest BCUT2D eigenvalue weighted by molar-refractivity contribution is 7.98. The van der Waals surface area contributed by atoms with Gasteiger partial charge in [0.25, 0.3) is 0 Å². The second-order valence-electron chi connectivity index (χ2n) is 7.14. The Balaban J connectivity index is 2.22. The molecule has 0 radical (unpaired) electrons. The Morgan fingerprint density at radius 3 is 2.55 bits per heavy atom. The van der Waals surface area contributed by atoms with Gasteiger partial charge in [-0.2, -0.15) is 24.9 Å². The summed E-state index contributed by atoms with van der Waals surface area (Å²) in [5.41, 5.74) is -1.48. The lowest BCUT2D eigenvalue weighted by molar-refractivity contribution is -0.256. The zero-order valence-corrected chi connectivity index (χ0v) is 17.9. The van der Waals surface area contributed by atoms with Crippen LogP contribution < -0.4 is 10.1 Å². The number of rotatable bonds is 7. The fraction of sp³-hybridized carbons (Fsp3) is 0.318. The van der Waals surface area contributed by atoms with Crippen molar-refractivity contribution >= 4 is 28.4 Å². The second-order valence-corrected chi connectivity index (χ2v) is 8.01. The van der Waals surface area contributed by atoms with Crippen molar-refractivity contribution in [1.29, 1.82) is 0 Å². The van der Waals surface area contributed by atoms with Crippen molar-refractivity contribution in [3.63, 3.8) is 0 Å². The molecule has 0 amide bonds. The topological polar surface area (TPSA) is 54.4 Å².